The SMILES string of the molecule is CCCN1CCCc2cc(CCNS(=O)(=O)c3cc(F)ccc3F)ccc21. The molecule has 0 radical (unpaired) electrons. The summed E-state index contributed by atoms with van der Waals surface area (Å²) in [5, 5.41) is 0. The zero-order valence-electron chi connectivity index (χ0n) is 15.3. The van der Waals surface area contributed by atoms with Crippen LogP contribution in [0.5, 0.6) is 0 Å². The van der Waals surface area contributed by atoms with Crippen LogP contribution in [0.25, 0.3) is 0 Å². The topological polar surface area (TPSA) is 49.4 Å². The lowest BCUT2D eigenvalue weighted by Crippen LogP contribution is -2.30. The van der Waals surface area contributed by atoms with Crippen LogP contribution in [0.4, 0.5) is 14.5 Å². The first-order chi connectivity index (χ1) is 12.9. The van der Waals surface area contributed by atoms with Gasteiger partial charge < -0.3 is 4.90 Å². The van der Waals surface area contributed by atoms with E-state index in [1.165, 1.54) is 11.3 Å². The molecule has 0 unspecified atom stereocenters. The van der Waals surface area contributed by atoms with Crippen LogP contribution in [0.3, 0.4) is 0 Å². The molecule has 7 heteroatoms. The molecule has 2 aromatic carbocycles. The van der Waals surface area contributed by atoms with E-state index in [1.54, 1.807) is 0 Å². The summed E-state index contributed by atoms with van der Waals surface area (Å²) in [5.41, 5.74) is 3.56. The van der Waals surface area contributed by atoms with Crippen molar-refractivity contribution < 1.29 is 17.2 Å². The van der Waals surface area contributed by atoms with Crippen molar-refractivity contribution in [3.05, 3.63) is 59.2 Å². The van der Waals surface area contributed by atoms with Gasteiger partial charge in [0, 0.05) is 25.3 Å². The van der Waals surface area contributed by atoms with E-state index in [0.29, 0.717) is 12.5 Å². The number of fused-ring (bicyclic) bond motifs is 1. The Kier molecular flexibility index (Phi) is 6.11. The quantitative estimate of drug-likeness (QED) is 0.780. The molecular formula is C20H24F2N2O2S. The summed E-state index contributed by atoms with van der Waals surface area (Å²) in [6.45, 7) is 4.39. The number of anilines is 1. The fraction of sp³-hybridized carbons (Fsp3) is 0.400. The van der Waals surface area contributed by atoms with E-state index >= 15 is 0 Å². The maximum atomic E-state index is 13.7. The Morgan fingerprint density at radius 3 is 2.74 bits per heavy atom. The molecule has 0 amide bonds. The number of benzene rings is 2. The van der Waals surface area contributed by atoms with E-state index < -0.39 is 26.6 Å². The molecule has 0 bridgehead atoms. The average Bonchev–Trinajstić information content (AvgIpc) is 2.64. The molecule has 0 spiro atoms. The van der Waals surface area contributed by atoms with Crippen molar-refractivity contribution in [1.29, 1.82) is 0 Å². The molecule has 2 aromatic rings. The van der Waals surface area contributed by atoms with Gasteiger partial charge in [-0.2, -0.15) is 0 Å². The van der Waals surface area contributed by atoms with Gasteiger partial charge in [0.05, 0.1) is 0 Å². The van der Waals surface area contributed by atoms with Crippen LogP contribution in [0.15, 0.2) is 41.3 Å². The first-order valence-electron chi connectivity index (χ1n) is 9.22. The maximum absolute atomic E-state index is 13.7. The molecule has 1 aliphatic rings. The van der Waals surface area contributed by atoms with Crippen molar-refractivity contribution in [2.45, 2.75) is 37.5 Å². The van der Waals surface area contributed by atoms with Crippen LogP contribution in [-0.4, -0.2) is 28.1 Å². The Hall–Kier alpha value is -1.99. The Morgan fingerprint density at radius 2 is 1.96 bits per heavy atom. The summed E-state index contributed by atoms with van der Waals surface area (Å²) in [7, 11) is -4.09. The fourth-order valence-electron chi connectivity index (χ4n) is 3.48. The first kappa shape index (κ1) is 19.8. The molecule has 0 saturated carbocycles. The summed E-state index contributed by atoms with van der Waals surface area (Å²) >= 11 is 0. The second kappa shape index (κ2) is 8.35. The van der Waals surface area contributed by atoms with Crippen molar-refractivity contribution in [3.8, 4) is 0 Å². The number of hydrogen-bond acceptors (Lipinski definition) is 3. The van der Waals surface area contributed by atoms with Gasteiger partial charge in [-0.25, -0.2) is 21.9 Å². The highest BCUT2D eigenvalue weighted by Gasteiger charge is 2.20. The number of rotatable bonds is 7. The standard InChI is InChI=1S/C20H24F2N2O2S/c1-2-11-24-12-3-4-16-13-15(5-8-19(16)24)9-10-23-27(25,26)20-14-17(21)6-7-18(20)22/h5-8,13-14,23H,2-4,9-12H2,1H3. The first-order valence-corrected chi connectivity index (χ1v) is 10.7. The molecule has 0 aliphatic carbocycles. The van der Waals surface area contributed by atoms with Gasteiger partial charge >= 0.3 is 0 Å². The Morgan fingerprint density at radius 1 is 1.15 bits per heavy atom. The van der Waals surface area contributed by atoms with Crippen LogP contribution in [0, 0.1) is 11.6 Å². The third-order valence-electron chi connectivity index (χ3n) is 4.74. The number of nitrogens with zero attached hydrogens (tertiary/aromatic N) is 1. The van der Waals surface area contributed by atoms with E-state index in [0.717, 1.165) is 50.0 Å². The zero-order chi connectivity index (χ0) is 19.4. The minimum atomic E-state index is -4.09. The molecule has 0 fully saturated rings. The van der Waals surface area contributed by atoms with E-state index in [2.05, 4.69) is 28.7 Å². The normalized spacial score (nSPS) is 14.3. The Bertz CT molecular complexity index is 916. The predicted octanol–water partition coefficient (Wildman–Crippen LogP) is 3.65. The summed E-state index contributed by atoms with van der Waals surface area (Å²) in [5.74, 6) is -1.75. The monoisotopic (exact) mass is 394 g/mol. The van der Waals surface area contributed by atoms with Gasteiger partial charge in [-0.3, -0.25) is 0 Å². The van der Waals surface area contributed by atoms with Gasteiger partial charge in [0.15, 0.2) is 0 Å². The maximum Gasteiger partial charge on any atom is 0.243 e. The van der Waals surface area contributed by atoms with Gasteiger partial charge in [0.2, 0.25) is 10.0 Å². The average molecular weight is 394 g/mol. The minimum absolute atomic E-state index is 0.121. The van der Waals surface area contributed by atoms with Crippen LogP contribution in [0.2, 0.25) is 0 Å². The highest BCUT2D eigenvalue weighted by Crippen LogP contribution is 2.28. The van der Waals surface area contributed by atoms with Crippen LogP contribution in [-0.2, 0) is 22.9 Å². The van der Waals surface area contributed by atoms with Crippen molar-refractivity contribution in [2.24, 2.45) is 0 Å². The number of aryl methyl sites for hydroxylation is 1. The Balaban J connectivity index is 1.66. The largest absolute Gasteiger partial charge is 0.371 e. The van der Waals surface area contributed by atoms with Gasteiger partial charge in [-0.15, -0.1) is 0 Å². The molecule has 0 atom stereocenters. The molecule has 1 heterocycles. The highest BCUT2D eigenvalue weighted by molar-refractivity contribution is 7.89. The number of nitrogens with one attached hydrogen (secondary N) is 1. The molecule has 4 nitrogen and oxygen atoms in total. The molecule has 146 valence electrons. The molecule has 1 aliphatic heterocycles. The summed E-state index contributed by atoms with van der Waals surface area (Å²) < 4.78 is 53.8. The number of sulfonamides is 1. The summed E-state index contributed by atoms with van der Waals surface area (Å²) in [6.07, 6.45) is 3.71. The van der Waals surface area contributed by atoms with Crippen LogP contribution < -0.4 is 9.62 Å². The molecule has 0 aromatic heterocycles. The van der Waals surface area contributed by atoms with Gasteiger partial charge in [0.25, 0.3) is 0 Å². The Labute approximate surface area is 159 Å². The lowest BCUT2D eigenvalue weighted by atomic mass is 9.98. The molecule has 1 N–H and O–H groups in total. The third kappa shape index (κ3) is 4.65. The minimum Gasteiger partial charge on any atom is -0.371 e. The predicted molar refractivity (Wildman–Crippen MR) is 103 cm³/mol. The zero-order valence-corrected chi connectivity index (χ0v) is 16.2. The van der Waals surface area contributed by atoms with Crippen LogP contribution >= 0.6 is 0 Å². The van der Waals surface area contributed by atoms with Crippen molar-refractivity contribution in [3.63, 3.8) is 0 Å². The van der Waals surface area contributed by atoms with Gasteiger partial charge in [-0.05, 0) is 61.1 Å². The smallest absolute Gasteiger partial charge is 0.243 e. The second-order valence-electron chi connectivity index (χ2n) is 6.78. The van der Waals surface area contributed by atoms with Crippen molar-refractivity contribution in [2.75, 3.05) is 24.5 Å². The van der Waals surface area contributed by atoms with Crippen molar-refractivity contribution >= 4 is 15.7 Å². The van der Waals surface area contributed by atoms with Gasteiger partial charge in [0.1, 0.15) is 16.5 Å². The lowest BCUT2D eigenvalue weighted by Gasteiger charge is -2.31. The van der Waals surface area contributed by atoms with E-state index in [1.807, 2.05) is 6.07 Å². The van der Waals surface area contributed by atoms with E-state index in [4.69, 9.17) is 0 Å². The van der Waals surface area contributed by atoms with Gasteiger partial charge in [-0.1, -0.05) is 19.1 Å². The summed E-state index contributed by atoms with van der Waals surface area (Å²) in [4.78, 5) is 1.72. The number of halogens is 2. The van der Waals surface area contributed by atoms with E-state index in [-0.39, 0.29) is 6.54 Å². The molecule has 27 heavy (non-hydrogen) atoms. The lowest BCUT2D eigenvalue weighted by molar-refractivity contribution is 0.546. The molecular weight excluding hydrogens is 370 g/mol. The number of hydrogen-bond donors (Lipinski definition) is 1. The molecule has 3 rings (SSSR count). The van der Waals surface area contributed by atoms with Crippen LogP contribution in [0.1, 0.15) is 30.9 Å². The summed E-state index contributed by atoms with van der Waals surface area (Å²) in [6, 6.07) is 8.62. The van der Waals surface area contributed by atoms with Crippen molar-refractivity contribution in [1.82, 2.24) is 4.72 Å². The fourth-order valence-corrected chi connectivity index (χ4v) is 4.60. The van der Waals surface area contributed by atoms with E-state index in [9.17, 15) is 17.2 Å². The highest BCUT2D eigenvalue weighted by atomic mass is 32.2. The second-order valence-corrected chi connectivity index (χ2v) is 8.51. The third-order valence-corrected chi connectivity index (χ3v) is 6.22. The molecule has 0 saturated heterocycles.